The molecule has 0 atom stereocenters. The highest BCUT2D eigenvalue weighted by Crippen LogP contribution is 2.29. The van der Waals surface area contributed by atoms with Gasteiger partial charge >= 0.3 is 0 Å². The largest absolute Gasteiger partial charge is 0.497 e. The van der Waals surface area contributed by atoms with Gasteiger partial charge in [-0.25, -0.2) is 4.98 Å². The molecule has 4 aromatic rings. The lowest BCUT2D eigenvalue weighted by molar-refractivity contribution is 0.102. The van der Waals surface area contributed by atoms with Crippen LogP contribution in [0.3, 0.4) is 0 Å². The predicted molar refractivity (Wildman–Crippen MR) is 111 cm³/mol. The maximum absolute atomic E-state index is 13.1. The Kier molecular flexibility index (Phi) is 4.71. The maximum atomic E-state index is 13.1. The van der Waals surface area contributed by atoms with Gasteiger partial charge in [0, 0.05) is 25.9 Å². The lowest BCUT2D eigenvalue weighted by Crippen LogP contribution is -2.14. The molecule has 0 spiro atoms. The summed E-state index contributed by atoms with van der Waals surface area (Å²) in [5.74, 6) is 0.717. The zero-order valence-corrected chi connectivity index (χ0v) is 17.2. The third kappa shape index (κ3) is 3.42. The second-order valence-electron chi connectivity index (χ2n) is 6.64. The average molecular weight is 411 g/mol. The van der Waals surface area contributed by atoms with Gasteiger partial charge in [0.25, 0.3) is 5.91 Å². The fraction of sp³-hybridized carbons (Fsp3) is 0.200. The van der Waals surface area contributed by atoms with Crippen molar-refractivity contribution in [2.75, 3.05) is 12.4 Å². The first-order valence-corrected chi connectivity index (χ1v) is 9.24. The number of aromatic nitrogens is 5. The number of hydrogen-bond donors (Lipinski definition) is 1. The molecule has 0 saturated heterocycles. The molecule has 0 unspecified atom stereocenters. The van der Waals surface area contributed by atoms with Crippen molar-refractivity contribution in [3.63, 3.8) is 0 Å². The van der Waals surface area contributed by atoms with E-state index in [2.05, 4.69) is 15.5 Å². The fourth-order valence-corrected chi connectivity index (χ4v) is 3.48. The smallest absolute Gasteiger partial charge is 0.257 e. The first kappa shape index (κ1) is 18.9. The lowest BCUT2D eigenvalue weighted by atomic mass is 10.0. The molecule has 3 heterocycles. The minimum atomic E-state index is -0.330. The van der Waals surface area contributed by atoms with Crippen molar-refractivity contribution in [2.45, 2.75) is 6.92 Å². The van der Waals surface area contributed by atoms with E-state index in [9.17, 15) is 4.79 Å². The Bertz CT molecular complexity index is 1230. The van der Waals surface area contributed by atoms with Gasteiger partial charge in [-0.05, 0) is 37.3 Å². The summed E-state index contributed by atoms with van der Waals surface area (Å²) < 4.78 is 8.43. The van der Waals surface area contributed by atoms with Crippen LogP contribution >= 0.6 is 11.6 Å². The van der Waals surface area contributed by atoms with Crippen molar-refractivity contribution in [2.24, 2.45) is 14.1 Å². The Morgan fingerprint density at radius 3 is 2.52 bits per heavy atom. The zero-order chi connectivity index (χ0) is 20.7. The molecular weight excluding hydrogens is 392 g/mol. The molecule has 0 saturated carbocycles. The number of aryl methyl sites for hydroxylation is 3. The van der Waals surface area contributed by atoms with Crippen LogP contribution in [-0.2, 0) is 14.1 Å². The van der Waals surface area contributed by atoms with E-state index in [1.165, 1.54) is 4.68 Å². The molecule has 148 valence electrons. The van der Waals surface area contributed by atoms with Gasteiger partial charge in [-0.1, -0.05) is 11.6 Å². The summed E-state index contributed by atoms with van der Waals surface area (Å²) >= 11 is 6.15. The van der Waals surface area contributed by atoms with E-state index in [-0.39, 0.29) is 5.91 Å². The minimum absolute atomic E-state index is 0.302. The number of pyridine rings is 1. The number of halogens is 1. The standard InChI is InChI=1S/C20H19ClN6O2/c1-11-17-14(20(28)23-18-15(21)10-26(2)25-18)9-16(22-19(17)27(3)24-11)12-5-7-13(29-4)8-6-12/h5-10H,1-4H3,(H,23,25,28). The van der Waals surface area contributed by atoms with Gasteiger partial charge in [0.2, 0.25) is 0 Å². The zero-order valence-electron chi connectivity index (χ0n) is 16.4. The van der Waals surface area contributed by atoms with Gasteiger partial charge < -0.3 is 10.1 Å². The Balaban J connectivity index is 1.84. The number of carbonyl (C=O) groups excluding carboxylic acids is 1. The maximum Gasteiger partial charge on any atom is 0.257 e. The summed E-state index contributed by atoms with van der Waals surface area (Å²) in [5, 5.41) is 12.5. The first-order chi connectivity index (χ1) is 13.9. The van der Waals surface area contributed by atoms with Crippen LogP contribution in [0.1, 0.15) is 16.1 Å². The van der Waals surface area contributed by atoms with E-state index in [4.69, 9.17) is 21.3 Å². The number of nitrogens with one attached hydrogen (secondary N) is 1. The Morgan fingerprint density at radius 1 is 1.17 bits per heavy atom. The molecule has 0 aliphatic carbocycles. The van der Waals surface area contributed by atoms with E-state index in [0.717, 1.165) is 11.3 Å². The fourth-order valence-electron chi connectivity index (χ4n) is 3.25. The van der Waals surface area contributed by atoms with Crippen molar-refractivity contribution in [1.82, 2.24) is 24.5 Å². The topological polar surface area (TPSA) is 86.9 Å². The lowest BCUT2D eigenvalue weighted by Gasteiger charge is -2.09. The number of fused-ring (bicyclic) bond motifs is 1. The Labute approximate surface area is 172 Å². The molecule has 29 heavy (non-hydrogen) atoms. The van der Waals surface area contributed by atoms with E-state index in [1.54, 1.807) is 38.2 Å². The molecule has 8 nitrogen and oxygen atoms in total. The van der Waals surface area contributed by atoms with E-state index in [0.29, 0.717) is 38.8 Å². The highest BCUT2D eigenvalue weighted by atomic mass is 35.5. The quantitative estimate of drug-likeness (QED) is 0.555. The third-order valence-corrected chi connectivity index (χ3v) is 4.89. The van der Waals surface area contributed by atoms with Crippen LogP contribution in [0.15, 0.2) is 36.5 Å². The molecule has 1 aromatic carbocycles. The van der Waals surface area contributed by atoms with Crippen LogP contribution in [-0.4, -0.2) is 37.6 Å². The molecule has 0 aliphatic rings. The second-order valence-corrected chi connectivity index (χ2v) is 7.05. The van der Waals surface area contributed by atoms with Gasteiger partial charge in [-0.3, -0.25) is 14.2 Å². The monoisotopic (exact) mass is 410 g/mol. The summed E-state index contributed by atoms with van der Waals surface area (Å²) in [7, 11) is 5.15. The second kappa shape index (κ2) is 7.21. The molecule has 4 rings (SSSR count). The minimum Gasteiger partial charge on any atom is -0.497 e. The van der Waals surface area contributed by atoms with E-state index < -0.39 is 0 Å². The van der Waals surface area contributed by atoms with Crippen molar-refractivity contribution in [3.05, 3.63) is 52.8 Å². The number of anilines is 1. The number of nitrogens with zero attached hydrogens (tertiary/aromatic N) is 5. The molecule has 0 aliphatic heterocycles. The van der Waals surface area contributed by atoms with Gasteiger partial charge in [0.05, 0.1) is 29.4 Å². The molecule has 0 bridgehead atoms. The Hall–Kier alpha value is -3.39. The van der Waals surface area contributed by atoms with Crippen LogP contribution in [0.2, 0.25) is 5.02 Å². The number of carbonyl (C=O) groups is 1. The molecule has 0 radical (unpaired) electrons. The van der Waals surface area contributed by atoms with Crippen molar-refractivity contribution >= 4 is 34.4 Å². The average Bonchev–Trinajstić information content (AvgIpc) is 3.18. The normalized spacial score (nSPS) is 11.1. The van der Waals surface area contributed by atoms with Gasteiger partial charge in [-0.15, -0.1) is 0 Å². The number of hydrogen-bond acceptors (Lipinski definition) is 5. The number of methoxy groups -OCH3 is 1. The first-order valence-electron chi connectivity index (χ1n) is 8.86. The molecule has 1 N–H and O–H groups in total. The highest BCUT2D eigenvalue weighted by Gasteiger charge is 2.21. The molecule has 3 aromatic heterocycles. The summed E-state index contributed by atoms with van der Waals surface area (Å²) in [5.41, 5.74) is 3.30. The van der Waals surface area contributed by atoms with Gasteiger partial charge in [0.1, 0.15) is 10.8 Å². The molecular formula is C20H19ClN6O2. The molecule has 1 amide bonds. The molecule has 0 fully saturated rings. The van der Waals surface area contributed by atoms with Crippen LogP contribution in [0.5, 0.6) is 5.75 Å². The van der Waals surface area contributed by atoms with Gasteiger partial charge in [0.15, 0.2) is 11.5 Å². The van der Waals surface area contributed by atoms with E-state index in [1.807, 2.05) is 31.2 Å². The highest BCUT2D eigenvalue weighted by molar-refractivity contribution is 6.33. The number of ether oxygens (including phenoxy) is 1. The van der Waals surface area contributed by atoms with Crippen LogP contribution in [0, 0.1) is 6.92 Å². The Morgan fingerprint density at radius 2 is 1.90 bits per heavy atom. The third-order valence-electron chi connectivity index (χ3n) is 4.62. The van der Waals surface area contributed by atoms with Crippen LogP contribution in [0.25, 0.3) is 22.3 Å². The SMILES string of the molecule is COc1ccc(-c2cc(C(=O)Nc3nn(C)cc3Cl)c3c(C)nn(C)c3n2)cc1. The summed E-state index contributed by atoms with van der Waals surface area (Å²) in [6.07, 6.45) is 1.62. The van der Waals surface area contributed by atoms with Crippen LogP contribution in [0.4, 0.5) is 5.82 Å². The van der Waals surface area contributed by atoms with Crippen molar-refractivity contribution in [1.29, 1.82) is 0 Å². The number of rotatable bonds is 4. The van der Waals surface area contributed by atoms with Crippen molar-refractivity contribution in [3.8, 4) is 17.0 Å². The summed E-state index contributed by atoms with van der Waals surface area (Å²) in [4.78, 5) is 17.9. The van der Waals surface area contributed by atoms with Crippen molar-refractivity contribution < 1.29 is 9.53 Å². The summed E-state index contributed by atoms with van der Waals surface area (Å²) in [6, 6.07) is 9.25. The van der Waals surface area contributed by atoms with E-state index >= 15 is 0 Å². The summed E-state index contributed by atoms with van der Waals surface area (Å²) in [6.45, 7) is 1.85. The van der Waals surface area contributed by atoms with Gasteiger partial charge in [-0.2, -0.15) is 10.2 Å². The molecule has 9 heteroatoms. The predicted octanol–water partition coefficient (Wildman–Crippen LogP) is 3.59. The number of amides is 1. The number of benzene rings is 1. The van der Waals surface area contributed by atoms with Crippen LogP contribution < -0.4 is 10.1 Å².